The Bertz CT molecular complexity index is 563. The van der Waals surface area contributed by atoms with Crippen LogP contribution in [0.3, 0.4) is 0 Å². The maximum Gasteiger partial charge on any atom is 0.393 e. The summed E-state index contributed by atoms with van der Waals surface area (Å²) >= 11 is 1.10. The van der Waals surface area contributed by atoms with Crippen molar-refractivity contribution >= 4 is 17.7 Å². The van der Waals surface area contributed by atoms with Crippen LogP contribution in [0.4, 0.5) is 13.2 Å². The van der Waals surface area contributed by atoms with Crippen LogP contribution in [0.25, 0.3) is 0 Å². The summed E-state index contributed by atoms with van der Waals surface area (Å²) in [6.45, 7) is 0. The van der Waals surface area contributed by atoms with Gasteiger partial charge < -0.3 is 9.30 Å². The van der Waals surface area contributed by atoms with Gasteiger partial charge in [0.15, 0.2) is 5.16 Å². The highest BCUT2D eigenvalue weighted by Crippen LogP contribution is 2.31. The highest BCUT2D eigenvalue weighted by molar-refractivity contribution is 8.02. The normalized spacial score (nSPS) is 17.8. The predicted octanol–water partition coefficient (Wildman–Crippen LogP) is 2.18. The number of halogens is 3. The van der Waals surface area contributed by atoms with Gasteiger partial charge in [-0.05, 0) is 6.08 Å². The smallest absolute Gasteiger partial charge is 0.393 e. The number of hydrogen-bond donors (Lipinski definition) is 0. The molecular formula is C10H8F3N3O2S. The molecule has 1 aromatic heterocycles. The summed E-state index contributed by atoms with van der Waals surface area (Å²) in [6, 6.07) is 0. The number of cyclic esters (lactones) is 1. The zero-order valence-corrected chi connectivity index (χ0v) is 10.5. The average molecular weight is 291 g/mol. The zero-order chi connectivity index (χ0) is 14.0. The van der Waals surface area contributed by atoms with Crippen LogP contribution >= 0.6 is 11.8 Å². The van der Waals surface area contributed by atoms with Gasteiger partial charge in [0.2, 0.25) is 0 Å². The first-order valence-electron chi connectivity index (χ1n) is 5.05. The van der Waals surface area contributed by atoms with Gasteiger partial charge in [-0.15, -0.1) is 10.2 Å². The van der Waals surface area contributed by atoms with Crippen molar-refractivity contribution < 1.29 is 22.7 Å². The molecule has 0 unspecified atom stereocenters. The number of thioether (sulfide) groups is 1. The largest absolute Gasteiger partial charge is 0.423 e. The number of alkyl halides is 3. The zero-order valence-electron chi connectivity index (χ0n) is 9.64. The summed E-state index contributed by atoms with van der Waals surface area (Å²) in [5.74, 6) is -0.903. The molecule has 1 aromatic rings. The summed E-state index contributed by atoms with van der Waals surface area (Å²) in [6.07, 6.45) is -3.17. The SMILES string of the molecule is Cn1cnnc1S/C=C1\C=C(CC(F)(F)F)C(=O)O1. The van der Waals surface area contributed by atoms with Crippen LogP contribution in [0.1, 0.15) is 6.42 Å². The lowest BCUT2D eigenvalue weighted by Crippen LogP contribution is -2.12. The Morgan fingerprint density at radius 1 is 1.53 bits per heavy atom. The lowest BCUT2D eigenvalue weighted by molar-refractivity contribution is -0.142. The first-order valence-corrected chi connectivity index (χ1v) is 5.93. The van der Waals surface area contributed by atoms with Gasteiger partial charge in [-0.25, -0.2) is 4.79 Å². The van der Waals surface area contributed by atoms with Crippen molar-refractivity contribution in [2.24, 2.45) is 7.05 Å². The molecule has 0 radical (unpaired) electrons. The number of allylic oxidation sites excluding steroid dienone is 1. The molecule has 0 aromatic carbocycles. The molecule has 0 fully saturated rings. The number of aromatic nitrogens is 3. The predicted molar refractivity (Wildman–Crippen MR) is 59.8 cm³/mol. The summed E-state index contributed by atoms with van der Waals surface area (Å²) in [7, 11) is 1.71. The molecule has 1 aliphatic rings. The number of rotatable bonds is 3. The third kappa shape index (κ3) is 3.60. The molecule has 1 aliphatic heterocycles. The number of ether oxygens (including phenoxy) is 1. The molecule has 0 spiro atoms. The average Bonchev–Trinajstić information content (AvgIpc) is 2.82. The fourth-order valence-electron chi connectivity index (χ4n) is 1.32. The van der Waals surface area contributed by atoms with Gasteiger partial charge in [0.25, 0.3) is 0 Å². The molecular weight excluding hydrogens is 283 g/mol. The fraction of sp³-hybridized carbons (Fsp3) is 0.300. The second-order valence-corrected chi connectivity index (χ2v) is 4.55. The standard InChI is InChI=1S/C10H8F3N3O2S/c1-16-5-14-15-9(16)19-4-7-2-6(8(17)18-7)3-10(11,12)13/h2,4-5H,3H2,1H3/b7-4+. The molecule has 2 rings (SSSR count). The summed E-state index contributed by atoms with van der Waals surface area (Å²) in [4.78, 5) is 11.2. The van der Waals surface area contributed by atoms with Crippen molar-refractivity contribution in [3.63, 3.8) is 0 Å². The maximum absolute atomic E-state index is 12.2. The van der Waals surface area contributed by atoms with Gasteiger partial charge in [-0.1, -0.05) is 11.8 Å². The van der Waals surface area contributed by atoms with E-state index >= 15 is 0 Å². The first-order chi connectivity index (χ1) is 8.85. The van der Waals surface area contributed by atoms with Crippen molar-refractivity contribution in [2.75, 3.05) is 0 Å². The Morgan fingerprint density at radius 3 is 2.84 bits per heavy atom. The summed E-state index contributed by atoms with van der Waals surface area (Å²) < 4.78 is 42.9. The quantitative estimate of drug-likeness (QED) is 0.631. The Morgan fingerprint density at radius 2 is 2.26 bits per heavy atom. The van der Waals surface area contributed by atoms with Crippen molar-refractivity contribution in [1.29, 1.82) is 0 Å². The van der Waals surface area contributed by atoms with E-state index in [-0.39, 0.29) is 5.76 Å². The molecule has 2 heterocycles. The van der Waals surface area contributed by atoms with E-state index in [1.807, 2.05) is 0 Å². The van der Waals surface area contributed by atoms with E-state index in [9.17, 15) is 18.0 Å². The number of nitrogens with zero attached hydrogens (tertiary/aromatic N) is 3. The van der Waals surface area contributed by atoms with E-state index in [1.165, 1.54) is 11.7 Å². The highest BCUT2D eigenvalue weighted by atomic mass is 32.2. The van der Waals surface area contributed by atoms with E-state index < -0.39 is 24.1 Å². The Labute approximate surface area is 110 Å². The second kappa shape index (κ2) is 5.08. The van der Waals surface area contributed by atoms with Crippen LogP contribution in [0.2, 0.25) is 0 Å². The first kappa shape index (κ1) is 13.7. The number of hydrogen-bond acceptors (Lipinski definition) is 5. The fourth-order valence-corrected chi connectivity index (χ4v) is 1.97. The molecule has 0 saturated heterocycles. The third-order valence-electron chi connectivity index (χ3n) is 2.13. The molecule has 19 heavy (non-hydrogen) atoms. The number of esters is 1. The topological polar surface area (TPSA) is 57.0 Å². The van der Waals surface area contributed by atoms with Crippen molar-refractivity contribution in [3.05, 3.63) is 29.1 Å². The monoisotopic (exact) mass is 291 g/mol. The maximum atomic E-state index is 12.2. The van der Waals surface area contributed by atoms with Crippen LogP contribution in [-0.2, 0) is 16.6 Å². The number of carbonyl (C=O) groups excluding carboxylic acids is 1. The summed E-state index contributed by atoms with van der Waals surface area (Å²) in [5, 5.41) is 9.34. The Kier molecular flexibility index (Phi) is 3.65. The van der Waals surface area contributed by atoms with E-state index in [0.29, 0.717) is 5.16 Å². The van der Waals surface area contributed by atoms with E-state index in [0.717, 1.165) is 17.8 Å². The Hall–Kier alpha value is -1.77. The highest BCUT2D eigenvalue weighted by Gasteiger charge is 2.34. The van der Waals surface area contributed by atoms with Gasteiger partial charge >= 0.3 is 12.1 Å². The van der Waals surface area contributed by atoms with E-state index in [1.54, 1.807) is 11.6 Å². The molecule has 0 atom stereocenters. The van der Waals surface area contributed by atoms with Crippen LogP contribution in [0.5, 0.6) is 0 Å². The molecule has 0 bridgehead atoms. The van der Waals surface area contributed by atoms with Crippen molar-refractivity contribution in [1.82, 2.24) is 14.8 Å². The molecule has 0 saturated carbocycles. The van der Waals surface area contributed by atoms with Gasteiger partial charge in [-0.2, -0.15) is 13.2 Å². The minimum atomic E-state index is -4.43. The van der Waals surface area contributed by atoms with Crippen LogP contribution < -0.4 is 0 Å². The lowest BCUT2D eigenvalue weighted by atomic mass is 10.2. The van der Waals surface area contributed by atoms with Crippen LogP contribution in [0, 0.1) is 0 Å². The molecule has 0 aliphatic carbocycles. The van der Waals surface area contributed by atoms with Crippen LogP contribution in [0.15, 0.2) is 34.3 Å². The number of aryl methyl sites for hydroxylation is 1. The van der Waals surface area contributed by atoms with Gasteiger partial charge in [0.05, 0.1) is 12.0 Å². The molecule has 9 heteroatoms. The molecule has 0 N–H and O–H groups in total. The lowest BCUT2D eigenvalue weighted by Gasteiger charge is -2.03. The number of carbonyl (C=O) groups is 1. The second-order valence-electron chi connectivity index (χ2n) is 3.71. The van der Waals surface area contributed by atoms with Gasteiger partial charge in [0, 0.05) is 12.5 Å². The minimum Gasteiger partial charge on any atom is -0.423 e. The summed E-state index contributed by atoms with van der Waals surface area (Å²) in [5.41, 5.74) is -0.405. The molecule has 0 amide bonds. The minimum absolute atomic E-state index is 0.0669. The van der Waals surface area contributed by atoms with Crippen molar-refractivity contribution in [2.45, 2.75) is 17.8 Å². The Balaban J connectivity index is 2.07. The van der Waals surface area contributed by atoms with E-state index in [4.69, 9.17) is 4.74 Å². The van der Waals surface area contributed by atoms with Crippen LogP contribution in [-0.4, -0.2) is 26.9 Å². The third-order valence-corrected chi connectivity index (χ3v) is 3.06. The molecule has 5 nitrogen and oxygen atoms in total. The van der Waals surface area contributed by atoms with Gasteiger partial charge in [0.1, 0.15) is 12.1 Å². The van der Waals surface area contributed by atoms with E-state index in [2.05, 4.69) is 10.2 Å². The van der Waals surface area contributed by atoms with Gasteiger partial charge in [-0.3, -0.25) is 0 Å². The van der Waals surface area contributed by atoms with Crippen molar-refractivity contribution in [3.8, 4) is 0 Å². The molecule has 102 valence electrons.